The Morgan fingerprint density at radius 3 is 2.50 bits per heavy atom. The van der Waals surface area contributed by atoms with Crippen molar-refractivity contribution < 1.29 is 4.74 Å². The number of ether oxygens (including phenoxy) is 1. The van der Waals surface area contributed by atoms with Crippen molar-refractivity contribution in [2.75, 3.05) is 20.2 Å². The molecule has 1 aromatic rings. The summed E-state index contributed by atoms with van der Waals surface area (Å²) in [6.07, 6.45) is 2.14. The zero-order valence-corrected chi connectivity index (χ0v) is 12.9. The number of nitrogens with one attached hydrogen (secondary N) is 2. The van der Waals surface area contributed by atoms with E-state index in [9.17, 15) is 0 Å². The molecule has 20 heavy (non-hydrogen) atoms. The van der Waals surface area contributed by atoms with Gasteiger partial charge < -0.3 is 15.4 Å². The van der Waals surface area contributed by atoms with Gasteiger partial charge >= 0.3 is 0 Å². The maximum atomic E-state index is 5.63. The highest BCUT2D eigenvalue weighted by Gasteiger charge is 2.03. The van der Waals surface area contributed by atoms with Gasteiger partial charge in [-0.3, -0.25) is 4.99 Å². The second-order valence-corrected chi connectivity index (χ2v) is 4.67. The molecule has 2 N–H and O–H groups in total. The van der Waals surface area contributed by atoms with Gasteiger partial charge in [-0.2, -0.15) is 0 Å². The molecule has 0 radical (unpaired) electrons. The van der Waals surface area contributed by atoms with Crippen LogP contribution in [-0.2, 0) is 17.9 Å². The number of hydrogen-bond acceptors (Lipinski definition) is 2. The van der Waals surface area contributed by atoms with Gasteiger partial charge in [0.1, 0.15) is 0 Å². The highest BCUT2D eigenvalue weighted by molar-refractivity contribution is 5.79. The van der Waals surface area contributed by atoms with Gasteiger partial charge in [0.25, 0.3) is 0 Å². The lowest BCUT2D eigenvalue weighted by atomic mass is 10.1. The molecule has 0 fully saturated rings. The predicted octanol–water partition coefficient (Wildman–Crippen LogP) is 2.69. The minimum atomic E-state index is 0.673. The minimum absolute atomic E-state index is 0.673. The van der Waals surface area contributed by atoms with Crippen molar-refractivity contribution in [1.29, 1.82) is 0 Å². The summed E-state index contributed by atoms with van der Waals surface area (Å²) in [7, 11) is 1.79. The van der Waals surface area contributed by atoms with Crippen molar-refractivity contribution in [2.24, 2.45) is 4.99 Å². The molecule has 112 valence electrons. The Hall–Kier alpha value is -1.55. The number of aliphatic imine (C=N–C) groups is 1. The summed E-state index contributed by atoms with van der Waals surface area (Å²) in [5, 5.41) is 6.60. The molecule has 0 heterocycles. The first kappa shape index (κ1) is 16.5. The molecule has 0 amide bonds. The molecular formula is C16H27N3O. The Labute approximate surface area is 122 Å². The summed E-state index contributed by atoms with van der Waals surface area (Å²) in [6.45, 7) is 7.43. The third-order valence-corrected chi connectivity index (χ3v) is 2.94. The average Bonchev–Trinajstić information content (AvgIpc) is 2.49. The number of nitrogens with zero attached hydrogens (tertiary/aromatic N) is 1. The van der Waals surface area contributed by atoms with Gasteiger partial charge in [-0.05, 0) is 24.0 Å². The van der Waals surface area contributed by atoms with Crippen LogP contribution in [0.2, 0.25) is 0 Å². The van der Waals surface area contributed by atoms with Crippen LogP contribution < -0.4 is 10.6 Å². The molecule has 4 nitrogen and oxygen atoms in total. The van der Waals surface area contributed by atoms with Crippen LogP contribution in [0.25, 0.3) is 0 Å². The molecule has 0 aromatic heterocycles. The van der Waals surface area contributed by atoms with Crippen LogP contribution >= 0.6 is 0 Å². The number of guanidine groups is 1. The lowest BCUT2D eigenvalue weighted by molar-refractivity contribution is 0.121. The van der Waals surface area contributed by atoms with Crippen molar-refractivity contribution >= 4 is 5.96 Å². The SMILES string of the molecule is CCCNC(=NC)NCc1ccccc1COCCC. The molecule has 0 bridgehead atoms. The van der Waals surface area contributed by atoms with E-state index in [4.69, 9.17) is 4.74 Å². The Balaban J connectivity index is 2.53. The summed E-state index contributed by atoms with van der Waals surface area (Å²) in [5.41, 5.74) is 2.49. The highest BCUT2D eigenvalue weighted by atomic mass is 16.5. The standard InChI is InChI=1S/C16H27N3O/c1-4-10-18-16(17-3)19-12-14-8-6-7-9-15(14)13-20-11-5-2/h6-9H,4-5,10-13H2,1-3H3,(H2,17,18,19). The van der Waals surface area contributed by atoms with Crippen LogP contribution in [0.4, 0.5) is 0 Å². The fraction of sp³-hybridized carbons (Fsp3) is 0.562. The zero-order valence-electron chi connectivity index (χ0n) is 12.9. The van der Waals surface area contributed by atoms with Crippen LogP contribution in [0.3, 0.4) is 0 Å². The lowest BCUT2D eigenvalue weighted by Crippen LogP contribution is -2.37. The first-order valence-electron chi connectivity index (χ1n) is 7.40. The molecule has 1 aromatic carbocycles. The van der Waals surface area contributed by atoms with Crippen molar-refractivity contribution in [3.63, 3.8) is 0 Å². The summed E-state index contributed by atoms with van der Waals surface area (Å²) in [5.74, 6) is 0.844. The average molecular weight is 277 g/mol. The molecular weight excluding hydrogens is 250 g/mol. The molecule has 0 saturated heterocycles. The molecule has 0 unspecified atom stereocenters. The topological polar surface area (TPSA) is 45.7 Å². The molecule has 0 aliphatic heterocycles. The van der Waals surface area contributed by atoms with E-state index in [0.717, 1.165) is 38.5 Å². The molecule has 4 heteroatoms. The molecule has 0 spiro atoms. The van der Waals surface area contributed by atoms with Crippen molar-refractivity contribution in [1.82, 2.24) is 10.6 Å². The van der Waals surface area contributed by atoms with E-state index in [2.05, 4.69) is 53.7 Å². The van der Waals surface area contributed by atoms with Crippen molar-refractivity contribution in [2.45, 2.75) is 39.8 Å². The first-order chi connectivity index (χ1) is 9.81. The summed E-state index contributed by atoms with van der Waals surface area (Å²) in [6, 6.07) is 8.36. The van der Waals surface area contributed by atoms with E-state index in [-0.39, 0.29) is 0 Å². The van der Waals surface area contributed by atoms with Crippen molar-refractivity contribution in [3.05, 3.63) is 35.4 Å². The Kier molecular flexibility index (Phi) is 8.47. The van der Waals surface area contributed by atoms with Gasteiger partial charge in [-0.1, -0.05) is 38.1 Å². The fourth-order valence-electron chi connectivity index (χ4n) is 1.84. The third kappa shape index (κ3) is 6.06. The number of rotatable bonds is 8. The zero-order chi connectivity index (χ0) is 14.6. The third-order valence-electron chi connectivity index (χ3n) is 2.94. The quantitative estimate of drug-likeness (QED) is 0.436. The smallest absolute Gasteiger partial charge is 0.191 e. The molecule has 0 saturated carbocycles. The molecule has 0 aliphatic rings. The van der Waals surface area contributed by atoms with E-state index in [1.54, 1.807) is 7.05 Å². The van der Waals surface area contributed by atoms with Gasteiger partial charge in [0.2, 0.25) is 0 Å². The van der Waals surface area contributed by atoms with Gasteiger partial charge in [-0.25, -0.2) is 0 Å². The molecule has 1 rings (SSSR count). The monoisotopic (exact) mass is 277 g/mol. The molecule has 0 aliphatic carbocycles. The summed E-state index contributed by atoms with van der Waals surface area (Å²) in [4.78, 5) is 4.21. The molecule has 0 atom stereocenters. The first-order valence-corrected chi connectivity index (χ1v) is 7.40. The summed E-state index contributed by atoms with van der Waals surface area (Å²) < 4.78 is 5.63. The lowest BCUT2D eigenvalue weighted by Gasteiger charge is -2.14. The largest absolute Gasteiger partial charge is 0.377 e. The maximum absolute atomic E-state index is 5.63. The van der Waals surface area contributed by atoms with Gasteiger partial charge in [0.15, 0.2) is 5.96 Å². The summed E-state index contributed by atoms with van der Waals surface area (Å²) >= 11 is 0. The van der Waals surface area contributed by atoms with Crippen LogP contribution in [0.15, 0.2) is 29.3 Å². The maximum Gasteiger partial charge on any atom is 0.191 e. The van der Waals surface area contributed by atoms with E-state index < -0.39 is 0 Å². The van der Waals surface area contributed by atoms with Gasteiger partial charge in [0, 0.05) is 26.7 Å². The number of benzene rings is 1. The van der Waals surface area contributed by atoms with Crippen LogP contribution in [0.1, 0.15) is 37.8 Å². The van der Waals surface area contributed by atoms with E-state index in [1.165, 1.54) is 11.1 Å². The number of hydrogen-bond donors (Lipinski definition) is 2. The predicted molar refractivity (Wildman–Crippen MR) is 84.9 cm³/mol. The van der Waals surface area contributed by atoms with Gasteiger partial charge in [-0.15, -0.1) is 0 Å². The van der Waals surface area contributed by atoms with E-state index >= 15 is 0 Å². The van der Waals surface area contributed by atoms with Crippen LogP contribution in [0.5, 0.6) is 0 Å². The second-order valence-electron chi connectivity index (χ2n) is 4.67. The second kappa shape index (κ2) is 10.3. The van der Waals surface area contributed by atoms with Crippen molar-refractivity contribution in [3.8, 4) is 0 Å². The normalized spacial score (nSPS) is 11.4. The minimum Gasteiger partial charge on any atom is -0.377 e. The fourth-order valence-corrected chi connectivity index (χ4v) is 1.84. The van der Waals surface area contributed by atoms with Gasteiger partial charge in [0.05, 0.1) is 6.61 Å². The Bertz CT molecular complexity index is 404. The Morgan fingerprint density at radius 2 is 1.85 bits per heavy atom. The van der Waals surface area contributed by atoms with E-state index in [1.807, 2.05) is 0 Å². The van der Waals surface area contributed by atoms with E-state index in [0.29, 0.717) is 6.61 Å². The van der Waals surface area contributed by atoms with Crippen LogP contribution in [0, 0.1) is 0 Å². The van der Waals surface area contributed by atoms with Crippen LogP contribution in [-0.4, -0.2) is 26.2 Å². The Morgan fingerprint density at radius 1 is 1.10 bits per heavy atom. The highest BCUT2D eigenvalue weighted by Crippen LogP contribution is 2.10.